The summed E-state index contributed by atoms with van der Waals surface area (Å²) in [6.45, 7) is 3.54. The molecule has 0 saturated carbocycles. The SMILES string of the molecule is CCC(=O)CCC(C)C(=O)CCO. The topological polar surface area (TPSA) is 54.4 Å². The molecule has 3 heteroatoms. The normalized spacial score (nSPS) is 12.5. The van der Waals surface area contributed by atoms with Crippen molar-refractivity contribution in [2.45, 2.75) is 39.5 Å². The third-order valence-electron chi connectivity index (χ3n) is 2.16. The van der Waals surface area contributed by atoms with Gasteiger partial charge in [0.05, 0.1) is 0 Å². The predicted octanol–water partition coefficient (Wildman–Crippen LogP) is 1.33. The Morgan fingerprint density at radius 3 is 2.38 bits per heavy atom. The largest absolute Gasteiger partial charge is 0.396 e. The van der Waals surface area contributed by atoms with Crippen LogP contribution in [-0.4, -0.2) is 23.3 Å². The standard InChI is InChI=1S/C10H18O3/c1-3-9(12)5-4-8(2)10(13)6-7-11/h8,11H,3-7H2,1-2H3. The molecule has 0 aliphatic heterocycles. The number of ketones is 2. The van der Waals surface area contributed by atoms with E-state index in [1.165, 1.54) is 0 Å². The highest BCUT2D eigenvalue weighted by molar-refractivity contribution is 5.82. The molecule has 0 fully saturated rings. The van der Waals surface area contributed by atoms with Gasteiger partial charge in [0.15, 0.2) is 0 Å². The van der Waals surface area contributed by atoms with Crippen molar-refractivity contribution in [3.05, 3.63) is 0 Å². The number of Topliss-reactive ketones (excluding diaryl/α,β-unsaturated/α-hetero) is 2. The second-order valence-corrected chi connectivity index (χ2v) is 3.27. The molecule has 0 spiro atoms. The van der Waals surface area contributed by atoms with E-state index in [0.717, 1.165) is 0 Å². The van der Waals surface area contributed by atoms with E-state index in [1.807, 2.05) is 6.92 Å². The van der Waals surface area contributed by atoms with Crippen LogP contribution in [0.15, 0.2) is 0 Å². The van der Waals surface area contributed by atoms with Gasteiger partial charge in [-0.15, -0.1) is 0 Å². The highest BCUT2D eigenvalue weighted by Gasteiger charge is 2.12. The third-order valence-corrected chi connectivity index (χ3v) is 2.16. The Morgan fingerprint density at radius 2 is 1.92 bits per heavy atom. The first-order valence-corrected chi connectivity index (χ1v) is 4.77. The number of aliphatic hydroxyl groups excluding tert-OH is 1. The minimum atomic E-state index is -0.0948. The van der Waals surface area contributed by atoms with Gasteiger partial charge in [-0.2, -0.15) is 0 Å². The molecule has 0 rings (SSSR count). The quantitative estimate of drug-likeness (QED) is 0.652. The summed E-state index contributed by atoms with van der Waals surface area (Å²) in [6.07, 6.45) is 1.85. The van der Waals surface area contributed by atoms with Crippen LogP contribution in [0.3, 0.4) is 0 Å². The van der Waals surface area contributed by atoms with Crippen LogP contribution in [0.25, 0.3) is 0 Å². The van der Waals surface area contributed by atoms with Crippen molar-refractivity contribution in [3.63, 3.8) is 0 Å². The second-order valence-electron chi connectivity index (χ2n) is 3.27. The Kier molecular flexibility index (Phi) is 6.41. The molecule has 13 heavy (non-hydrogen) atoms. The molecule has 0 radical (unpaired) electrons. The van der Waals surface area contributed by atoms with Crippen LogP contribution in [0.5, 0.6) is 0 Å². The summed E-state index contributed by atoms with van der Waals surface area (Å²) in [6, 6.07) is 0. The van der Waals surface area contributed by atoms with Crippen molar-refractivity contribution in [3.8, 4) is 0 Å². The van der Waals surface area contributed by atoms with Crippen molar-refractivity contribution < 1.29 is 14.7 Å². The van der Waals surface area contributed by atoms with E-state index in [1.54, 1.807) is 6.92 Å². The Hall–Kier alpha value is -0.700. The molecule has 0 aromatic carbocycles. The molecule has 0 saturated heterocycles. The smallest absolute Gasteiger partial charge is 0.137 e. The number of hydrogen-bond donors (Lipinski definition) is 1. The number of hydrogen-bond acceptors (Lipinski definition) is 3. The fourth-order valence-electron chi connectivity index (χ4n) is 1.07. The molecule has 0 bridgehead atoms. The molecule has 0 aliphatic rings. The third kappa shape index (κ3) is 5.53. The van der Waals surface area contributed by atoms with Gasteiger partial charge in [-0.25, -0.2) is 0 Å². The highest BCUT2D eigenvalue weighted by atomic mass is 16.3. The van der Waals surface area contributed by atoms with E-state index in [9.17, 15) is 9.59 Å². The van der Waals surface area contributed by atoms with Crippen LogP contribution in [0.1, 0.15) is 39.5 Å². The Balaban J connectivity index is 3.67. The van der Waals surface area contributed by atoms with Crippen molar-refractivity contribution in [2.75, 3.05) is 6.61 Å². The summed E-state index contributed by atoms with van der Waals surface area (Å²) in [5, 5.41) is 8.52. The minimum absolute atomic E-state index is 0.0476. The predicted molar refractivity (Wildman–Crippen MR) is 50.4 cm³/mol. The van der Waals surface area contributed by atoms with Crippen molar-refractivity contribution in [2.24, 2.45) is 5.92 Å². The van der Waals surface area contributed by atoms with E-state index in [0.29, 0.717) is 19.3 Å². The molecular formula is C10H18O3. The van der Waals surface area contributed by atoms with Gasteiger partial charge in [0.25, 0.3) is 0 Å². The zero-order chi connectivity index (χ0) is 10.3. The molecule has 0 aromatic heterocycles. The van der Waals surface area contributed by atoms with Gasteiger partial charge in [0, 0.05) is 31.8 Å². The second kappa shape index (κ2) is 6.78. The van der Waals surface area contributed by atoms with Crippen LogP contribution in [-0.2, 0) is 9.59 Å². The summed E-state index contributed by atoms with van der Waals surface area (Å²) >= 11 is 0. The first-order chi connectivity index (χ1) is 6.11. The average Bonchev–Trinajstić information content (AvgIpc) is 2.13. The van der Waals surface area contributed by atoms with Gasteiger partial charge >= 0.3 is 0 Å². The van der Waals surface area contributed by atoms with E-state index < -0.39 is 0 Å². The summed E-state index contributed by atoms with van der Waals surface area (Å²) in [5.41, 5.74) is 0. The lowest BCUT2D eigenvalue weighted by atomic mass is 9.97. The maximum Gasteiger partial charge on any atom is 0.137 e. The van der Waals surface area contributed by atoms with Gasteiger partial charge in [-0.3, -0.25) is 9.59 Å². The molecule has 0 aromatic rings. The molecule has 0 amide bonds. The van der Waals surface area contributed by atoms with Crippen LogP contribution in [0, 0.1) is 5.92 Å². The van der Waals surface area contributed by atoms with Crippen LogP contribution in [0.4, 0.5) is 0 Å². The van der Waals surface area contributed by atoms with Gasteiger partial charge in [-0.1, -0.05) is 13.8 Å². The molecule has 0 aliphatic carbocycles. The Labute approximate surface area is 79.1 Å². The maximum absolute atomic E-state index is 11.2. The number of carbonyl (C=O) groups is 2. The highest BCUT2D eigenvalue weighted by Crippen LogP contribution is 2.09. The van der Waals surface area contributed by atoms with E-state index in [4.69, 9.17) is 5.11 Å². The van der Waals surface area contributed by atoms with Crippen molar-refractivity contribution in [1.29, 1.82) is 0 Å². The van der Waals surface area contributed by atoms with Gasteiger partial charge < -0.3 is 5.11 Å². The molecule has 1 unspecified atom stereocenters. The molecule has 0 heterocycles. The van der Waals surface area contributed by atoms with Crippen LogP contribution in [0.2, 0.25) is 0 Å². The average molecular weight is 186 g/mol. The summed E-state index contributed by atoms with van der Waals surface area (Å²) in [5.74, 6) is 0.151. The lowest BCUT2D eigenvalue weighted by Crippen LogP contribution is -2.13. The molecule has 3 nitrogen and oxygen atoms in total. The lowest BCUT2D eigenvalue weighted by molar-refractivity contribution is -0.123. The zero-order valence-electron chi connectivity index (χ0n) is 8.38. The number of rotatable bonds is 7. The first kappa shape index (κ1) is 12.3. The maximum atomic E-state index is 11.2. The van der Waals surface area contributed by atoms with Gasteiger partial charge in [0.1, 0.15) is 11.6 Å². The molecule has 76 valence electrons. The molecular weight excluding hydrogens is 168 g/mol. The Bertz CT molecular complexity index is 175. The van der Waals surface area contributed by atoms with Crippen LogP contribution >= 0.6 is 0 Å². The fraction of sp³-hybridized carbons (Fsp3) is 0.800. The fourth-order valence-corrected chi connectivity index (χ4v) is 1.07. The number of aliphatic hydroxyl groups is 1. The summed E-state index contributed by atoms with van der Waals surface area (Å²) in [4.78, 5) is 22.1. The van der Waals surface area contributed by atoms with Gasteiger partial charge in [-0.05, 0) is 6.42 Å². The van der Waals surface area contributed by atoms with Crippen LogP contribution < -0.4 is 0 Å². The van der Waals surface area contributed by atoms with E-state index in [2.05, 4.69) is 0 Å². The summed E-state index contributed by atoms with van der Waals surface area (Å²) in [7, 11) is 0. The summed E-state index contributed by atoms with van der Waals surface area (Å²) < 4.78 is 0. The number of carbonyl (C=O) groups excluding carboxylic acids is 2. The van der Waals surface area contributed by atoms with Crippen molar-refractivity contribution in [1.82, 2.24) is 0 Å². The molecule has 1 N–H and O–H groups in total. The van der Waals surface area contributed by atoms with Gasteiger partial charge in [0.2, 0.25) is 0 Å². The zero-order valence-corrected chi connectivity index (χ0v) is 8.38. The van der Waals surface area contributed by atoms with E-state index in [-0.39, 0.29) is 30.5 Å². The monoisotopic (exact) mass is 186 g/mol. The lowest BCUT2D eigenvalue weighted by Gasteiger charge is -2.07. The minimum Gasteiger partial charge on any atom is -0.396 e. The van der Waals surface area contributed by atoms with E-state index >= 15 is 0 Å². The van der Waals surface area contributed by atoms with Crippen molar-refractivity contribution >= 4 is 11.6 Å². The Morgan fingerprint density at radius 1 is 1.31 bits per heavy atom. The first-order valence-electron chi connectivity index (χ1n) is 4.77. The molecule has 1 atom stereocenters.